The predicted octanol–water partition coefficient (Wildman–Crippen LogP) is 3.35. The van der Waals surface area contributed by atoms with E-state index in [2.05, 4.69) is 5.32 Å². The largest absolute Gasteiger partial charge is 0.326 e. The third-order valence-corrected chi connectivity index (χ3v) is 10.5. The van der Waals surface area contributed by atoms with Gasteiger partial charge in [-0.3, -0.25) is 4.79 Å². The number of amides is 1. The number of nitrogens with one attached hydrogen (secondary N) is 1. The van der Waals surface area contributed by atoms with Crippen LogP contribution >= 0.6 is 0 Å². The molecule has 4 rings (SSSR count). The number of aryl methyl sites for hydroxylation is 1. The van der Waals surface area contributed by atoms with E-state index in [0.29, 0.717) is 44.7 Å². The Morgan fingerprint density at radius 1 is 0.829 bits per heavy atom. The summed E-state index contributed by atoms with van der Waals surface area (Å²) in [7, 11) is -6.96. The summed E-state index contributed by atoms with van der Waals surface area (Å²) >= 11 is 0. The average molecular weight is 520 g/mol. The van der Waals surface area contributed by atoms with Crippen molar-refractivity contribution in [3.05, 3.63) is 59.7 Å². The SMILES string of the molecule is Cc1ccc(CS(=O)(=O)N2CCC(C(=O)Nc3ccc(S(=O)(=O)N4CCCCC4)cc3)CC2)cc1. The Morgan fingerprint density at radius 3 is 2.03 bits per heavy atom. The zero-order valence-electron chi connectivity index (χ0n) is 20.0. The number of benzene rings is 2. The van der Waals surface area contributed by atoms with Crippen LogP contribution in [0.1, 0.15) is 43.2 Å². The molecule has 0 atom stereocenters. The van der Waals surface area contributed by atoms with Crippen molar-refractivity contribution in [2.24, 2.45) is 5.92 Å². The number of anilines is 1. The minimum atomic E-state index is -3.51. The Kier molecular flexibility index (Phi) is 7.95. The van der Waals surface area contributed by atoms with Crippen molar-refractivity contribution in [1.82, 2.24) is 8.61 Å². The lowest BCUT2D eigenvalue weighted by molar-refractivity contribution is -0.120. The summed E-state index contributed by atoms with van der Waals surface area (Å²) < 4.78 is 54.2. The highest BCUT2D eigenvalue weighted by Gasteiger charge is 2.31. The van der Waals surface area contributed by atoms with E-state index in [1.54, 1.807) is 12.1 Å². The van der Waals surface area contributed by atoms with E-state index in [9.17, 15) is 21.6 Å². The summed E-state index contributed by atoms with van der Waals surface area (Å²) in [4.78, 5) is 13.0. The predicted molar refractivity (Wildman–Crippen MR) is 136 cm³/mol. The zero-order valence-corrected chi connectivity index (χ0v) is 21.7. The van der Waals surface area contributed by atoms with Crippen LogP contribution in [0.25, 0.3) is 0 Å². The van der Waals surface area contributed by atoms with Crippen LogP contribution in [0.4, 0.5) is 5.69 Å². The molecule has 190 valence electrons. The van der Waals surface area contributed by atoms with Gasteiger partial charge in [-0.05, 0) is 62.4 Å². The molecule has 0 bridgehead atoms. The second kappa shape index (κ2) is 10.8. The Morgan fingerprint density at radius 2 is 1.43 bits per heavy atom. The molecule has 2 fully saturated rings. The highest BCUT2D eigenvalue weighted by molar-refractivity contribution is 7.89. The van der Waals surface area contributed by atoms with E-state index in [0.717, 1.165) is 30.4 Å². The highest BCUT2D eigenvalue weighted by Crippen LogP contribution is 2.25. The van der Waals surface area contributed by atoms with Gasteiger partial charge in [0.2, 0.25) is 26.0 Å². The molecule has 8 nitrogen and oxygen atoms in total. The van der Waals surface area contributed by atoms with E-state index < -0.39 is 20.0 Å². The fourth-order valence-electron chi connectivity index (χ4n) is 4.59. The summed E-state index contributed by atoms with van der Waals surface area (Å²) in [5.41, 5.74) is 2.36. The molecule has 2 aromatic rings. The average Bonchev–Trinajstić information content (AvgIpc) is 2.86. The second-order valence-electron chi connectivity index (χ2n) is 9.39. The number of sulfonamides is 2. The van der Waals surface area contributed by atoms with E-state index >= 15 is 0 Å². The summed E-state index contributed by atoms with van der Waals surface area (Å²) in [5.74, 6) is -0.513. The molecule has 0 spiro atoms. The summed E-state index contributed by atoms with van der Waals surface area (Å²) in [6.07, 6.45) is 3.69. The Bertz CT molecular complexity index is 1230. The lowest BCUT2D eigenvalue weighted by Gasteiger charge is -2.30. The topological polar surface area (TPSA) is 104 Å². The maximum atomic E-state index is 12.8. The molecule has 2 saturated heterocycles. The molecular weight excluding hydrogens is 486 g/mol. The zero-order chi connectivity index (χ0) is 25.1. The van der Waals surface area contributed by atoms with Crippen molar-refractivity contribution in [3.8, 4) is 0 Å². The molecule has 0 aromatic heterocycles. The number of piperidine rings is 2. The van der Waals surface area contributed by atoms with Gasteiger partial charge in [-0.1, -0.05) is 36.2 Å². The first-order valence-electron chi connectivity index (χ1n) is 12.1. The fraction of sp³-hybridized carbons (Fsp3) is 0.480. The van der Waals surface area contributed by atoms with Gasteiger partial charge in [-0.25, -0.2) is 21.1 Å². The molecular formula is C25H33N3O5S2. The van der Waals surface area contributed by atoms with Crippen LogP contribution in [-0.2, 0) is 30.6 Å². The molecule has 2 heterocycles. The molecule has 2 aliphatic heterocycles. The molecule has 0 radical (unpaired) electrons. The number of rotatable bonds is 7. The number of hydrogen-bond acceptors (Lipinski definition) is 5. The molecule has 0 unspecified atom stereocenters. The standard InChI is InChI=1S/C25H33N3O5S2/c1-20-5-7-21(8-6-20)19-34(30,31)27-17-13-22(14-18-27)25(29)26-23-9-11-24(12-10-23)35(32,33)28-15-3-2-4-16-28/h5-12,22H,2-4,13-19H2,1H3,(H,26,29). The first-order chi connectivity index (χ1) is 16.6. The van der Waals surface area contributed by atoms with Crippen molar-refractivity contribution in [2.45, 2.75) is 49.7 Å². The van der Waals surface area contributed by atoms with Gasteiger partial charge in [0.1, 0.15) is 0 Å². The van der Waals surface area contributed by atoms with Crippen LogP contribution in [-0.4, -0.2) is 57.5 Å². The highest BCUT2D eigenvalue weighted by atomic mass is 32.2. The third-order valence-electron chi connectivity index (χ3n) is 6.76. The lowest BCUT2D eigenvalue weighted by atomic mass is 9.97. The molecule has 0 saturated carbocycles. The number of carbonyl (C=O) groups excluding carboxylic acids is 1. The molecule has 35 heavy (non-hydrogen) atoms. The van der Waals surface area contributed by atoms with E-state index in [-0.39, 0.29) is 22.5 Å². The number of hydrogen-bond donors (Lipinski definition) is 1. The minimum absolute atomic E-state index is 0.0448. The first kappa shape index (κ1) is 25.8. The van der Waals surface area contributed by atoms with Crippen molar-refractivity contribution in [2.75, 3.05) is 31.5 Å². The van der Waals surface area contributed by atoms with Gasteiger partial charge in [-0.15, -0.1) is 0 Å². The van der Waals surface area contributed by atoms with E-state index in [1.165, 1.54) is 20.7 Å². The monoisotopic (exact) mass is 519 g/mol. The van der Waals surface area contributed by atoms with E-state index in [1.807, 2.05) is 31.2 Å². The normalized spacial score (nSPS) is 18.9. The van der Waals surface area contributed by atoms with Crippen molar-refractivity contribution in [1.29, 1.82) is 0 Å². The molecule has 10 heteroatoms. The van der Waals surface area contributed by atoms with Crippen LogP contribution < -0.4 is 5.32 Å². The number of nitrogens with zero attached hydrogens (tertiary/aromatic N) is 2. The Hall–Kier alpha value is -2.27. The maximum Gasteiger partial charge on any atom is 0.243 e. The van der Waals surface area contributed by atoms with Gasteiger partial charge in [-0.2, -0.15) is 4.31 Å². The molecule has 1 N–H and O–H groups in total. The quantitative estimate of drug-likeness (QED) is 0.604. The molecule has 2 aromatic carbocycles. The van der Waals surface area contributed by atoms with Crippen LogP contribution in [0.5, 0.6) is 0 Å². The lowest BCUT2D eigenvalue weighted by Crippen LogP contribution is -2.41. The fourth-order valence-corrected chi connectivity index (χ4v) is 7.67. The van der Waals surface area contributed by atoms with Crippen LogP contribution in [0.15, 0.2) is 53.4 Å². The second-order valence-corrected chi connectivity index (χ2v) is 13.3. The van der Waals surface area contributed by atoms with Crippen LogP contribution in [0.2, 0.25) is 0 Å². The van der Waals surface area contributed by atoms with Gasteiger partial charge in [0, 0.05) is 37.8 Å². The first-order valence-corrected chi connectivity index (χ1v) is 15.1. The molecule has 2 aliphatic rings. The van der Waals surface area contributed by atoms with Crippen molar-refractivity contribution >= 4 is 31.6 Å². The molecule has 0 aliphatic carbocycles. The number of carbonyl (C=O) groups is 1. The third kappa shape index (κ3) is 6.30. The van der Waals surface area contributed by atoms with E-state index in [4.69, 9.17) is 0 Å². The van der Waals surface area contributed by atoms with Gasteiger partial charge >= 0.3 is 0 Å². The Balaban J connectivity index is 1.30. The van der Waals surface area contributed by atoms with Crippen LogP contribution in [0.3, 0.4) is 0 Å². The van der Waals surface area contributed by atoms with Crippen molar-refractivity contribution < 1.29 is 21.6 Å². The summed E-state index contributed by atoms with van der Waals surface area (Å²) in [5, 5.41) is 2.85. The van der Waals surface area contributed by atoms with Gasteiger partial charge < -0.3 is 5.32 Å². The minimum Gasteiger partial charge on any atom is -0.326 e. The summed E-state index contributed by atoms with van der Waals surface area (Å²) in [6.45, 7) is 3.65. The van der Waals surface area contributed by atoms with Gasteiger partial charge in [0.25, 0.3) is 0 Å². The Labute approximate surface area is 208 Å². The van der Waals surface area contributed by atoms with Crippen LogP contribution in [0, 0.1) is 12.8 Å². The maximum absolute atomic E-state index is 12.8. The molecule has 1 amide bonds. The van der Waals surface area contributed by atoms with Gasteiger partial charge in [0.15, 0.2) is 0 Å². The smallest absolute Gasteiger partial charge is 0.243 e. The van der Waals surface area contributed by atoms with Gasteiger partial charge in [0.05, 0.1) is 10.6 Å². The summed E-state index contributed by atoms with van der Waals surface area (Å²) in [6, 6.07) is 13.7. The van der Waals surface area contributed by atoms with Crippen molar-refractivity contribution in [3.63, 3.8) is 0 Å².